The molecule has 20 heavy (non-hydrogen) atoms. The highest BCUT2D eigenvalue weighted by Gasteiger charge is 2.34. The zero-order valence-electron chi connectivity index (χ0n) is 11.1. The molecular formula is C15H16N2O2S. The molecule has 1 atom stereocenters. The second kappa shape index (κ2) is 4.74. The molecule has 0 spiro atoms. The second-order valence-corrected chi connectivity index (χ2v) is 6.54. The fourth-order valence-corrected chi connectivity index (χ4v) is 3.76. The average molecular weight is 288 g/mol. The van der Waals surface area contributed by atoms with E-state index in [2.05, 4.69) is 16.6 Å². The van der Waals surface area contributed by atoms with Crippen LogP contribution in [0.4, 0.5) is 0 Å². The summed E-state index contributed by atoms with van der Waals surface area (Å²) in [7, 11) is 0. The SMILES string of the molecule is O=C(c1cc(C2CC2)on1)N1CCCC1c1cccs1. The van der Waals surface area contributed by atoms with Gasteiger partial charge in [-0.15, -0.1) is 11.3 Å². The molecule has 2 aromatic rings. The van der Waals surface area contributed by atoms with E-state index in [0.717, 1.165) is 38.0 Å². The van der Waals surface area contributed by atoms with E-state index < -0.39 is 0 Å². The number of carbonyl (C=O) groups is 1. The van der Waals surface area contributed by atoms with Gasteiger partial charge in [-0.05, 0) is 37.1 Å². The number of likely N-dealkylation sites (tertiary alicyclic amines) is 1. The van der Waals surface area contributed by atoms with Crippen molar-refractivity contribution in [3.8, 4) is 0 Å². The van der Waals surface area contributed by atoms with Crippen LogP contribution >= 0.6 is 11.3 Å². The van der Waals surface area contributed by atoms with Crippen molar-refractivity contribution in [1.29, 1.82) is 0 Å². The molecule has 3 heterocycles. The van der Waals surface area contributed by atoms with Gasteiger partial charge in [0.25, 0.3) is 5.91 Å². The Bertz CT molecular complexity index is 616. The van der Waals surface area contributed by atoms with Gasteiger partial charge in [-0.1, -0.05) is 11.2 Å². The number of carbonyl (C=O) groups excluding carboxylic acids is 1. The average Bonchev–Trinajstić information content (AvgIpc) is 2.96. The fraction of sp³-hybridized carbons (Fsp3) is 0.467. The minimum absolute atomic E-state index is 0.0107. The molecule has 1 saturated carbocycles. The number of hydrogen-bond acceptors (Lipinski definition) is 4. The van der Waals surface area contributed by atoms with Crippen LogP contribution in [0.5, 0.6) is 0 Å². The van der Waals surface area contributed by atoms with Gasteiger partial charge in [0.2, 0.25) is 0 Å². The summed E-state index contributed by atoms with van der Waals surface area (Å²) in [6.07, 6.45) is 4.41. The molecule has 5 heteroatoms. The zero-order chi connectivity index (χ0) is 13.5. The Morgan fingerprint density at radius 1 is 1.40 bits per heavy atom. The Labute approximate surface area is 121 Å². The van der Waals surface area contributed by atoms with Crippen LogP contribution in [-0.2, 0) is 0 Å². The molecule has 4 nitrogen and oxygen atoms in total. The lowest BCUT2D eigenvalue weighted by Gasteiger charge is -2.22. The quantitative estimate of drug-likeness (QED) is 0.867. The maximum absolute atomic E-state index is 12.6. The van der Waals surface area contributed by atoms with Gasteiger partial charge in [0.1, 0.15) is 5.76 Å². The van der Waals surface area contributed by atoms with Crippen LogP contribution in [0.2, 0.25) is 0 Å². The van der Waals surface area contributed by atoms with E-state index >= 15 is 0 Å². The van der Waals surface area contributed by atoms with E-state index in [1.165, 1.54) is 4.88 Å². The maximum Gasteiger partial charge on any atom is 0.276 e. The first-order valence-corrected chi connectivity index (χ1v) is 8.02. The zero-order valence-corrected chi connectivity index (χ0v) is 11.9. The summed E-state index contributed by atoms with van der Waals surface area (Å²) < 4.78 is 5.30. The van der Waals surface area contributed by atoms with Crippen molar-refractivity contribution in [3.63, 3.8) is 0 Å². The first kappa shape index (κ1) is 12.1. The minimum Gasteiger partial charge on any atom is -0.360 e. The summed E-state index contributed by atoms with van der Waals surface area (Å²) in [5, 5.41) is 6.04. The summed E-state index contributed by atoms with van der Waals surface area (Å²) in [6.45, 7) is 0.813. The van der Waals surface area contributed by atoms with E-state index in [0.29, 0.717) is 11.6 Å². The van der Waals surface area contributed by atoms with E-state index in [1.807, 2.05) is 17.0 Å². The lowest BCUT2D eigenvalue weighted by Crippen LogP contribution is -2.30. The molecule has 1 aliphatic heterocycles. The lowest BCUT2D eigenvalue weighted by molar-refractivity contribution is 0.0727. The van der Waals surface area contributed by atoms with Gasteiger partial charge >= 0.3 is 0 Å². The highest BCUT2D eigenvalue weighted by atomic mass is 32.1. The molecule has 0 aromatic carbocycles. The fourth-order valence-electron chi connectivity index (χ4n) is 2.88. The molecule has 2 aliphatic rings. The predicted molar refractivity (Wildman–Crippen MR) is 75.8 cm³/mol. The molecule has 104 valence electrons. The summed E-state index contributed by atoms with van der Waals surface area (Å²) in [4.78, 5) is 15.8. The largest absolute Gasteiger partial charge is 0.360 e. The van der Waals surface area contributed by atoms with Gasteiger partial charge in [-0.25, -0.2) is 0 Å². The lowest BCUT2D eigenvalue weighted by atomic mass is 10.2. The molecule has 4 rings (SSSR count). The van der Waals surface area contributed by atoms with Crippen molar-refractivity contribution in [3.05, 3.63) is 39.9 Å². The van der Waals surface area contributed by atoms with Crippen molar-refractivity contribution in [2.24, 2.45) is 0 Å². The van der Waals surface area contributed by atoms with E-state index in [-0.39, 0.29) is 11.9 Å². The van der Waals surface area contributed by atoms with Gasteiger partial charge in [0.15, 0.2) is 5.69 Å². The second-order valence-electron chi connectivity index (χ2n) is 5.56. The van der Waals surface area contributed by atoms with Crippen molar-refractivity contribution in [2.45, 2.75) is 37.6 Å². The molecule has 1 saturated heterocycles. The third-order valence-corrected chi connectivity index (χ3v) is 5.09. The van der Waals surface area contributed by atoms with Crippen LogP contribution in [0.1, 0.15) is 58.8 Å². The highest BCUT2D eigenvalue weighted by Crippen LogP contribution is 2.41. The molecule has 0 N–H and O–H groups in total. The van der Waals surface area contributed by atoms with Crippen molar-refractivity contribution in [2.75, 3.05) is 6.54 Å². The normalized spacial score (nSPS) is 22.4. The standard InChI is InChI=1S/C15H16N2O2S/c18-15(11-9-13(19-16-11)10-5-6-10)17-7-1-3-12(17)14-4-2-8-20-14/h2,4,8-10,12H,1,3,5-7H2. The number of hydrogen-bond donors (Lipinski definition) is 0. The Hall–Kier alpha value is -1.62. The predicted octanol–water partition coefficient (Wildman–Crippen LogP) is 3.59. The molecule has 1 aliphatic carbocycles. The molecule has 1 amide bonds. The first-order chi connectivity index (χ1) is 9.83. The van der Waals surface area contributed by atoms with Crippen LogP contribution in [0.25, 0.3) is 0 Å². The smallest absolute Gasteiger partial charge is 0.276 e. The van der Waals surface area contributed by atoms with Gasteiger partial charge in [0, 0.05) is 23.4 Å². The van der Waals surface area contributed by atoms with Gasteiger partial charge < -0.3 is 9.42 Å². The summed E-state index contributed by atoms with van der Waals surface area (Å²) in [5.41, 5.74) is 0.468. The van der Waals surface area contributed by atoms with Crippen molar-refractivity contribution in [1.82, 2.24) is 10.1 Å². The maximum atomic E-state index is 12.6. The molecule has 0 bridgehead atoms. The Kier molecular flexibility index (Phi) is 2.88. The monoisotopic (exact) mass is 288 g/mol. The van der Waals surface area contributed by atoms with Crippen molar-refractivity contribution < 1.29 is 9.32 Å². The highest BCUT2D eigenvalue weighted by molar-refractivity contribution is 7.10. The van der Waals surface area contributed by atoms with Gasteiger partial charge in [-0.2, -0.15) is 0 Å². The summed E-state index contributed by atoms with van der Waals surface area (Å²) in [6, 6.07) is 6.20. The van der Waals surface area contributed by atoms with Crippen molar-refractivity contribution >= 4 is 17.2 Å². The Morgan fingerprint density at radius 2 is 2.30 bits per heavy atom. The summed E-state index contributed by atoms with van der Waals surface area (Å²) in [5.74, 6) is 1.38. The molecule has 2 aromatic heterocycles. The molecule has 1 unspecified atom stereocenters. The van der Waals surface area contributed by atoms with E-state index in [1.54, 1.807) is 11.3 Å². The Balaban J connectivity index is 1.57. The summed E-state index contributed by atoms with van der Waals surface area (Å²) >= 11 is 1.72. The molecule has 0 radical (unpaired) electrons. The third kappa shape index (κ3) is 2.06. The number of nitrogens with zero attached hydrogens (tertiary/aromatic N) is 2. The van der Waals surface area contributed by atoms with Crippen LogP contribution in [0.3, 0.4) is 0 Å². The molecule has 2 fully saturated rings. The van der Waals surface area contributed by atoms with Crippen LogP contribution in [0, 0.1) is 0 Å². The van der Waals surface area contributed by atoms with Gasteiger partial charge in [0.05, 0.1) is 6.04 Å². The number of amides is 1. The topological polar surface area (TPSA) is 46.3 Å². The van der Waals surface area contributed by atoms with E-state index in [9.17, 15) is 4.79 Å². The molecular weight excluding hydrogens is 272 g/mol. The van der Waals surface area contributed by atoms with Crippen LogP contribution in [-0.4, -0.2) is 22.5 Å². The number of aromatic nitrogens is 1. The Morgan fingerprint density at radius 3 is 3.05 bits per heavy atom. The van der Waals surface area contributed by atoms with Crippen LogP contribution < -0.4 is 0 Å². The number of rotatable bonds is 3. The third-order valence-electron chi connectivity index (χ3n) is 4.11. The number of thiophene rings is 1. The first-order valence-electron chi connectivity index (χ1n) is 7.14. The van der Waals surface area contributed by atoms with Crippen LogP contribution in [0.15, 0.2) is 28.1 Å². The van der Waals surface area contributed by atoms with Gasteiger partial charge in [-0.3, -0.25) is 4.79 Å². The minimum atomic E-state index is 0.0107. The van der Waals surface area contributed by atoms with E-state index in [4.69, 9.17) is 4.52 Å².